The van der Waals surface area contributed by atoms with Gasteiger partial charge in [0.15, 0.2) is 0 Å². The summed E-state index contributed by atoms with van der Waals surface area (Å²) in [5.41, 5.74) is 0. The molecule has 3 atom stereocenters. The van der Waals surface area contributed by atoms with Gasteiger partial charge in [-0.1, -0.05) is 63.3 Å². The Labute approximate surface area is 135 Å². The molecule has 0 fully saturated rings. The molecule has 0 aliphatic heterocycles. The molecule has 0 saturated heterocycles. The van der Waals surface area contributed by atoms with Crippen molar-refractivity contribution in [1.29, 1.82) is 0 Å². The Kier molecular flexibility index (Phi) is 6.55. The van der Waals surface area contributed by atoms with Crippen molar-refractivity contribution in [3.63, 3.8) is 0 Å². The quantitative estimate of drug-likeness (QED) is 0.554. The van der Waals surface area contributed by atoms with Gasteiger partial charge in [0, 0.05) is 13.0 Å². The molecule has 1 aliphatic rings. The van der Waals surface area contributed by atoms with Crippen LogP contribution >= 0.6 is 0 Å². The monoisotopic (exact) mass is 297 g/mol. The number of benzene rings is 1. The Bertz CT molecular complexity index is 526. The summed E-state index contributed by atoms with van der Waals surface area (Å²) in [6.07, 6.45) is 6.37. The molecule has 2 heteroatoms. The summed E-state index contributed by atoms with van der Waals surface area (Å²) in [6.45, 7) is 8.88. The number of ether oxygens (including phenoxy) is 1. The Hall–Kier alpha value is -1.72. The van der Waals surface area contributed by atoms with E-state index in [1.807, 2.05) is 30.3 Å². The van der Waals surface area contributed by atoms with E-state index in [-0.39, 0.29) is 12.1 Å². The molecule has 0 N–H and O–H groups in total. The second kappa shape index (κ2) is 8.66. The zero-order valence-corrected chi connectivity index (χ0v) is 14.0. The molecule has 1 aromatic carbocycles. The van der Waals surface area contributed by atoms with Crippen LogP contribution < -0.4 is 4.74 Å². The molecule has 0 radical (unpaired) electrons. The van der Waals surface area contributed by atoms with E-state index < -0.39 is 0 Å². The Morgan fingerprint density at radius 1 is 1.23 bits per heavy atom. The average molecular weight is 297 g/mol. The predicted octanol–water partition coefficient (Wildman–Crippen LogP) is 4.13. The van der Waals surface area contributed by atoms with Crippen molar-refractivity contribution < 1.29 is 4.74 Å². The molecule has 0 aromatic heterocycles. The van der Waals surface area contributed by atoms with E-state index in [0.29, 0.717) is 5.92 Å². The SMILES string of the molecule is CCC(C)CN(CC)C1C#CCC(Oc2ccccc2)C=C1. The Morgan fingerprint density at radius 2 is 2.00 bits per heavy atom. The molecule has 2 rings (SSSR count). The summed E-state index contributed by atoms with van der Waals surface area (Å²) in [4.78, 5) is 2.45. The van der Waals surface area contributed by atoms with Gasteiger partial charge in [0.1, 0.15) is 11.9 Å². The zero-order chi connectivity index (χ0) is 15.8. The molecule has 22 heavy (non-hydrogen) atoms. The van der Waals surface area contributed by atoms with Crippen LogP contribution in [0.5, 0.6) is 5.75 Å². The number of likely N-dealkylation sites (N-methyl/N-ethyl adjacent to an activating group) is 1. The van der Waals surface area contributed by atoms with Gasteiger partial charge in [-0.25, -0.2) is 0 Å². The Morgan fingerprint density at radius 3 is 2.68 bits per heavy atom. The number of rotatable bonds is 7. The standard InChI is InChI=1S/C20H27NO/c1-4-17(3)16-21(5-2)18-10-9-13-20(15-14-18)22-19-11-7-6-8-12-19/h6-8,11-12,14-15,17-18,20H,4-5,13,16H2,1-3H3. The van der Waals surface area contributed by atoms with Crippen LogP contribution in [0.1, 0.15) is 33.6 Å². The molecule has 0 spiro atoms. The van der Waals surface area contributed by atoms with Crippen LogP contribution in [0.4, 0.5) is 0 Å². The zero-order valence-electron chi connectivity index (χ0n) is 14.0. The van der Waals surface area contributed by atoms with E-state index in [1.54, 1.807) is 0 Å². The number of nitrogens with zero attached hydrogens (tertiary/aromatic N) is 1. The molecule has 1 aromatic rings. The third kappa shape index (κ3) is 4.93. The summed E-state index contributed by atoms with van der Waals surface area (Å²) < 4.78 is 5.99. The second-order valence-corrected chi connectivity index (χ2v) is 5.93. The van der Waals surface area contributed by atoms with E-state index in [2.05, 4.69) is 49.7 Å². The lowest BCUT2D eigenvalue weighted by Gasteiger charge is -2.27. The van der Waals surface area contributed by atoms with Crippen LogP contribution in [0, 0.1) is 17.8 Å². The average Bonchev–Trinajstić information content (AvgIpc) is 2.79. The van der Waals surface area contributed by atoms with Crippen molar-refractivity contribution in [2.45, 2.75) is 45.8 Å². The number of para-hydroxylation sites is 1. The first-order valence-electron chi connectivity index (χ1n) is 8.35. The fourth-order valence-corrected chi connectivity index (χ4v) is 2.55. The van der Waals surface area contributed by atoms with Crippen molar-refractivity contribution in [1.82, 2.24) is 4.90 Å². The summed E-state index contributed by atoms with van der Waals surface area (Å²) in [5, 5.41) is 0. The van der Waals surface area contributed by atoms with Crippen LogP contribution in [0.2, 0.25) is 0 Å². The topological polar surface area (TPSA) is 12.5 Å². The van der Waals surface area contributed by atoms with Crippen molar-refractivity contribution in [3.05, 3.63) is 42.5 Å². The summed E-state index contributed by atoms with van der Waals surface area (Å²) in [7, 11) is 0. The van der Waals surface area contributed by atoms with Crippen LogP contribution in [0.15, 0.2) is 42.5 Å². The highest BCUT2D eigenvalue weighted by Gasteiger charge is 2.17. The lowest BCUT2D eigenvalue weighted by atomic mass is 10.1. The molecular formula is C20H27NO. The third-order valence-corrected chi connectivity index (χ3v) is 4.13. The lowest BCUT2D eigenvalue weighted by Crippen LogP contribution is -2.36. The van der Waals surface area contributed by atoms with Crippen molar-refractivity contribution >= 4 is 0 Å². The predicted molar refractivity (Wildman–Crippen MR) is 92.9 cm³/mol. The van der Waals surface area contributed by atoms with Gasteiger partial charge >= 0.3 is 0 Å². The minimum atomic E-state index is 0.0437. The molecule has 0 bridgehead atoms. The maximum Gasteiger partial charge on any atom is 0.128 e. The van der Waals surface area contributed by atoms with Crippen molar-refractivity contribution in [3.8, 4) is 17.6 Å². The molecule has 3 unspecified atom stereocenters. The fourth-order valence-electron chi connectivity index (χ4n) is 2.55. The molecule has 0 saturated carbocycles. The van der Waals surface area contributed by atoms with Gasteiger partial charge in [-0.15, -0.1) is 0 Å². The minimum absolute atomic E-state index is 0.0437. The molecule has 1 aliphatic carbocycles. The van der Waals surface area contributed by atoms with E-state index in [4.69, 9.17) is 4.74 Å². The number of hydrogen-bond acceptors (Lipinski definition) is 2. The van der Waals surface area contributed by atoms with Gasteiger partial charge in [-0.2, -0.15) is 0 Å². The van der Waals surface area contributed by atoms with E-state index in [9.17, 15) is 0 Å². The van der Waals surface area contributed by atoms with Crippen LogP contribution in [-0.4, -0.2) is 30.1 Å². The highest BCUT2D eigenvalue weighted by molar-refractivity contribution is 5.25. The first kappa shape index (κ1) is 16.6. The first-order chi connectivity index (χ1) is 10.7. The van der Waals surface area contributed by atoms with E-state index in [1.165, 1.54) is 6.42 Å². The third-order valence-electron chi connectivity index (χ3n) is 4.13. The molecule has 0 amide bonds. The summed E-state index contributed by atoms with van der Waals surface area (Å²) in [5.74, 6) is 8.29. The summed E-state index contributed by atoms with van der Waals surface area (Å²) in [6, 6.07) is 10.2. The minimum Gasteiger partial charge on any atom is -0.485 e. The summed E-state index contributed by atoms with van der Waals surface area (Å²) >= 11 is 0. The van der Waals surface area contributed by atoms with Gasteiger partial charge in [0.2, 0.25) is 0 Å². The fraction of sp³-hybridized carbons (Fsp3) is 0.500. The maximum atomic E-state index is 5.99. The van der Waals surface area contributed by atoms with Gasteiger partial charge < -0.3 is 4.74 Å². The van der Waals surface area contributed by atoms with E-state index in [0.717, 1.165) is 25.3 Å². The van der Waals surface area contributed by atoms with E-state index >= 15 is 0 Å². The molecule has 118 valence electrons. The number of hydrogen-bond donors (Lipinski definition) is 0. The van der Waals surface area contributed by atoms with Gasteiger partial charge in [0.05, 0.1) is 6.04 Å². The molecular weight excluding hydrogens is 270 g/mol. The lowest BCUT2D eigenvalue weighted by molar-refractivity contribution is 0.235. The van der Waals surface area contributed by atoms with Crippen LogP contribution in [0.25, 0.3) is 0 Å². The van der Waals surface area contributed by atoms with Crippen molar-refractivity contribution in [2.75, 3.05) is 13.1 Å². The Balaban J connectivity index is 1.98. The highest BCUT2D eigenvalue weighted by Crippen LogP contribution is 2.16. The van der Waals surface area contributed by atoms with Crippen LogP contribution in [0.3, 0.4) is 0 Å². The highest BCUT2D eigenvalue weighted by atomic mass is 16.5. The normalized spacial score (nSPS) is 21.8. The molecule has 2 nitrogen and oxygen atoms in total. The first-order valence-corrected chi connectivity index (χ1v) is 8.35. The van der Waals surface area contributed by atoms with Gasteiger partial charge in [-0.3, -0.25) is 4.90 Å². The largest absolute Gasteiger partial charge is 0.485 e. The van der Waals surface area contributed by atoms with Gasteiger partial charge in [-0.05, 0) is 30.7 Å². The second-order valence-electron chi connectivity index (χ2n) is 5.93. The van der Waals surface area contributed by atoms with Gasteiger partial charge in [0.25, 0.3) is 0 Å². The smallest absolute Gasteiger partial charge is 0.128 e. The van der Waals surface area contributed by atoms with Crippen LogP contribution in [-0.2, 0) is 0 Å². The maximum absolute atomic E-state index is 5.99. The molecule has 0 heterocycles. The van der Waals surface area contributed by atoms with Crippen molar-refractivity contribution in [2.24, 2.45) is 5.92 Å².